The molecule has 2 fully saturated rings. The third-order valence-corrected chi connectivity index (χ3v) is 6.32. The average Bonchev–Trinajstić information content (AvgIpc) is 2.29. The van der Waals surface area contributed by atoms with Gasteiger partial charge >= 0.3 is 5.97 Å². The summed E-state index contributed by atoms with van der Waals surface area (Å²) >= 11 is 0. The van der Waals surface area contributed by atoms with Gasteiger partial charge in [-0.05, 0) is 18.3 Å². The Morgan fingerprint density at radius 1 is 1.10 bits per heavy atom. The molecule has 0 atom stereocenters. The lowest BCUT2D eigenvalue weighted by Gasteiger charge is -2.38. The van der Waals surface area contributed by atoms with E-state index < -0.39 is 31.9 Å². The van der Waals surface area contributed by atoms with Crippen molar-refractivity contribution in [1.82, 2.24) is 0 Å². The second-order valence-corrected chi connectivity index (χ2v) is 7.93. The number of ketones is 1. The highest BCUT2D eigenvalue weighted by molar-refractivity contribution is 7.96. The van der Waals surface area contributed by atoms with E-state index in [9.17, 15) is 18.0 Å². The molecule has 20 heavy (non-hydrogen) atoms. The third-order valence-electron chi connectivity index (χ3n) is 4.31. The standard InChI is InChI=1S/C14H20O5S/c15-11-9-14(6-4-2-1-3-5-7-14)10-20(18,19)12(11)8-13(16)17/h8H,1-7,9-10H2,(H,16,17)/b12-8-. The summed E-state index contributed by atoms with van der Waals surface area (Å²) in [5, 5.41) is 8.71. The lowest BCUT2D eigenvalue weighted by atomic mass is 9.74. The Morgan fingerprint density at radius 2 is 1.65 bits per heavy atom. The number of sulfone groups is 1. The molecule has 1 spiro atoms. The van der Waals surface area contributed by atoms with E-state index in [0.29, 0.717) is 6.08 Å². The first-order valence-electron chi connectivity index (χ1n) is 7.05. The topological polar surface area (TPSA) is 88.5 Å². The zero-order valence-corrected chi connectivity index (χ0v) is 12.2. The fourth-order valence-corrected chi connectivity index (χ4v) is 5.44. The molecule has 2 aliphatic rings. The molecule has 0 unspecified atom stereocenters. The summed E-state index contributed by atoms with van der Waals surface area (Å²) in [6.07, 6.45) is 7.43. The minimum Gasteiger partial charge on any atom is -0.478 e. The molecule has 0 bridgehead atoms. The summed E-state index contributed by atoms with van der Waals surface area (Å²) in [4.78, 5) is 22.3. The summed E-state index contributed by atoms with van der Waals surface area (Å²) in [5.41, 5.74) is -0.466. The number of aliphatic carboxylic acids is 1. The van der Waals surface area contributed by atoms with Crippen LogP contribution in [0.15, 0.2) is 11.0 Å². The molecule has 6 heteroatoms. The number of allylic oxidation sites excluding steroid dienone is 1. The summed E-state index contributed by atoms with van der Waals surface area (Å²) in [6.45, 7) is 0. The molecule has 1 N–H and O–H groups in total. The molecule has 1 saturated carbocycles. The Kier molecular flexibility index (Phi) is 4.32. The van der Waals surface area contributed by atoms with E-state index >= 15 is 0 Å². The van der Waals surface area contributed by atoms with Crippen LogP contribution in [0.2, 0.25) is 0 Å². The van der Waals surface area contributed by atoms with Gasteiger partial charge in [-0.3, -0.25) is 4.79 Å². The van der Waals surface area contributed by atoms with E-state index in [0.717, 1.165) is 38.5 Å². The SMILES string of the molecule is O=C(O)/C=C1/C(=O)CC2(CCCCCCC2)CS1(=O)=O. The Labute approximate surface area is 119 Å². The van der Waals surface area contributed by atoms with Crippen LogP contribution in [0, 0.1) is 5.41 Å². The fourth-order valence-electron chi connectivity index (χ4n) is 3.39. The van der Waals surface area contributed by atoms with Gasteiger partial charge in [-0.15, -0.1) is 0 Å². The van der Waals surface area contributed by atoms with Crippen molar-refractivity contribution in [2.45, 2.75) is 51.4 Å². The summed E-state index contributed by atoms with van der Waals surface area (Å²) < 4.78 is 24.5. The highest BCUT2D eigenvalue weighted by Crippen LogP contribution is 2.43. The maximum absolute atomic E-state index is 12.2. The minimum absolute atomic E-state index is 0.0785. The minimum atomic E-state index is -3.77. The van der Waals surface area contributed by atoms with Crippen LogP contribution in [0.1, 0.15) is 51.4 Å². The number of carbonyl (C=O) groups is 2. The summed E-state index contributed by atoms with van der Waals surface area (Å²) in [6, 6.07) is 0. The lowest BCUT2D eigenvalue weighted by Crippen LogP contribution is -2.40. The van der Waals surface area contributed by atoms with Crippen molar-refractivity contribution in [2.75, 3.05) is 5.75 Å². The van der Waals surface area contributed by atoms with Gasteiger partial charge in [0.05, 0.1) is 5.75 Å². The van der Waals surface area contributed by atoms with E-state index in [4.69, 9.17) is 5.11 Å². The number of Topliss-reactive ketones (excluding diaryl/α,β-unsaturated/α-hetero) is 1. The van der Waals surface area contributed by atoms with Gasteiger partial charge in [-0.25, -0.2) is 13.2 Å². The summed E-state index contributed by atoms with van der Waals surface area (Å²) in [5.74, 6) is -1.99. The molecule has 1 saturated heterocycles. The normalized spacial score (nSPS) is 28.0. The van der Waals surface area contributed by atoms with Crippen molar-refractivity contribution < 1.29 is 23.1 Å². The smallest absolute Gasteiger partial charge is 0.329 e. The second kappa shape index (κ2) is 5.68. The number of carboxylic acids is 1. The number of hydrogen-bond donors (Lipinski definition) is 1. The molecule has 112 valence electrons. The largest absolute Gasteiger partial charge is 0.478 e. The van der Waals surface area contributed by atoms with Gasteiger partial charge in [0, 0.05) is 12.5 Å². The van der Waals surface area contributed by atoms with Crippen LogP contribution < -0.4 is 0 Å². The van der Waals surface area contributed by atoms with Gasteiger partial charge in [0.15, 0.2) is 15.6 Å². The first-order chi connectivity index (χ1) is 9.35. The fraction of sp³-hybridized carbons (Fsp3) is 0.714. The molecule has 0 aromatic rings. The number of carboxylic acid groups (broad SMARTS) is 1. The number of carbonyl (C=O) groups excluding carboxylic acids is 1. The Morgan fingerprint density at radius 3 is 2.15 bits per heavy atom. The molecule has 1 aliphatic heterocycles. The van der Waals surface area contributed by atoms with Crippen LogP contribution in [0.25, 0.3) is 0 Å². The average molecular weight is 300 g/mol. The Hall–Kier alpha value is -1.17. The van der Waals surface area contributed by atoms with E-state index in [1.165, 1.54) is 6.42 Å². The van der Waals surface area contributed by atoms with Gasteiger partial charge < -0.3 is 5.11 Å². The number of rotatable bonds is 1. The quantitative estimate of drug-likeness (QED) is 0.749. The molecule has 1 aliphatic carbocycles. The monoisotopic (exact) mass is 300 g/mol. The van der Waals surface area contributed by atoms with Gasteiger partial charge in [-0.2, -0.15) is 0 Å². The first kappa shape index (κ1) is 15.2. The first-order valence-corrected chi connectivity index (χ1v) is 8.71. The Balaban J connectivity index is 2.30. The van der Waals surface area contributed by atoms with Crippen molar-refractivity contribution in [3.8, 4) is 0 Å². The van der Waals surface area contributed by atoms with E-state index in [1.807, 2.05) is 0 Å². The maximum Gasteiger partial charge on any atom is 0.329 e. The highest BCUT2D eigenvalue weighted by atomic mass is 32.2. The van der Waals surface area contributed by atoms with E-state index in [2.05, 4.69) is 0 Å². The third kappa shape index (κ3) is 3.29. The van der Waals surface area contributed by atoms with Crippen molar-refractivity contribution in [2.24, 2.45) is 5.41 Å². The Bertz CT molecular complexity index is 536. The summed E-state index contributed by atoms with van der Waals surface area (Å²) in [7, 11) is -3.77. The number of hydrogen-bond acceptors (Lipinski definition) is 4. The van der Waals surface area contributed by atoms with Crippen LogP contribution in [0.3, 0.4) is 0 Å². The predicted molar refractivity (Wildman–Crippen MR) is 73.9 cm³/mol. The molecular formula is C14H20O5S. The van der Waals surface area contributed by atoms with Gasteiger partial charge in [0.1, 0.15) is 4.91 Å². The maximum atomic E-state index is 12.2. The molecule has 0 aromatic carbocycles. The van der Waals surface area contributed by atoms with E-state index in [-0.39, 0.29) is 12.2 Å². The van der Waals surface area contributed by atoms with Gasteiger partial charge in [-0.1, -0.05) is 32.1 Å². The highest BCUT2D eigenvalue weighted by Gasteiger charge is 2.45. The van der Waals surface area contributed by atoms with E-state index in [1.54, 1.807) is 0 Å². The van der Waals surface area contributed by atoms with Crippen LogP contribution in [-0.4, -0.2) is 31.0 Å². The van der Waals surface area contributed by atoms with Crippen LogP contribution in [0.4, 0.5) is 0 Å². The molecule has 0 radical (unpaired) electrons. The van der Waals surface area contributed by atoms with Crippen molar-refractivity contribution in [3.63, 3.8) is 0 Å². The molecular weight excluding hydrogens is 280 g/mol. The zero-order chi connectivity index (χ0) is 14.8. The van der Waals surface area contributed by atoms with Crippen molar-refractivity contribution >= 4 is 21.6 Å². The van der Waals surface area contributed by atoms with Crippen LogP contribution >= 0.6 is 0 Å². The van der Waals surface area contributed by atoms with Gasteiger partial charge in [0.25, 0.3) is 0 Å². The molecule has 2 rings (SSSR count). The van der Waals surface area contributed by atoms with Gasteiger partial charge in [0.2, 0.25) is 0 Å². The molecule has 0 aromatic heterocycles. The van der Waals surface area contributed by atoms with Crippen LogP contribution in [-0.2, 0) is 19.4 Å². The molecule has 0 amide bonds. The van der Waals surface area contributed by atoms with Crippen LogP contribution in [0.5, 0.6) is 0 Å². The van der Waals surface area contributed by atoms with Crippen molar-refractivity contribution in [3.05, 3.63) is 11.0 Å². The molecule has 5 nitrogen and oxygen atoms in total. The van der Waals surface area contributed by atoms with Crippen molar-refractivity contribution in [1.29, 1.82) is 0 Å². The lowest BCUT2D eigenvalue weighted by molar-refractivity contribution is -0.131. The predicted octanol–water partition coefficient (Wildman–Crippen LogP) is 2.07. The molecule has 1 heterocycles. The second-order valence-electron chi connectivity index (χ2n) is 5.97. The zero-order valence-electron chi connectivity index (χ0n) is 11.4.